The smallest absolute Gasteiger partial charge is 0.212 e. The van der Waals surface area contributed by atoms with Crippen molar-refractivity contribution in [1.29, 1.82) is 0 Å². The van der Waals surface area contributed by atoms with Gasteiger partial charge in [0.25, 0.3) is 0 Å². The molecule has 1 rings (SSSR count). The molecule has 1 aliphatic carbocycles. The molecule has 0 unspecified atom stereocenters. The molecule has 1 saturated carbocycles. The summed E-state index contributed by atoms with van der Waals surface area (Å²) in [7, 11) is 2.60. The second-order valence-corrected chi connectivity index (χ2v) is 5.96. The quantitative estimate of drug-likeness (QED) is 0.631. The van der Waals surface area contributed by atoms with Gasteiger partial charge in [-0.25, -0.2) is 8.85 Å². The molecule has 0 radical (unpaired) electrons. The molecule has 0 aromatic heterocycles. The van der Waals surface area contributed by atoms with Gasteiger partial charge in [-0.15, -0.1) is 0 Å². The Morgan fingerprint density at radius 3 is 1.92 bits per heavy atom. The molecule has 0 atom stereocenters. The van der Waals surface area contributed by atoms with Gasteiger partial charge < -0.3 is 0 Å². The van der Waals surface area contributed by atoms with E-state index in [9.17, 15) is 0 Å². The summed E-state index contributed by atoms with van der Waals surface area (Å²) in [6, 6.07) is 0. The Hall–Kier alpha value is 0.137. The van der Waals surface area contributed by atoms with Crippen molar-refractivity contribution in [3.63, 3.8) is 0 Å². The molecule has 1 aliphatic rings. The second-order valence-electron chi connectivity index (χ2n) is 3.68. The lowest BCUT2D eigenvalue weighted by Gasteiger charge is -2.21. The van der Waals surface area contributed by atoms with Crippen molar-refractivity contribution >= 4 is 9.28 Å². The summed E-state index contributed by atoms with van der Waals surface area (Å²) in [5, 5.41) is 0. The Balaban J connectivity index is 2.32. The Labute approximate surface area is 77.1 Å². The summed E-state index contributed by atoms with van der Waals surface area (Å²) < 4.78 is 10.7. The molecule has 70 valence electrons. The van der Waals surface area contributed by atoms with E-state index in [2.05, 4.69) is 6.92 Å². The zero-order valence-corrected chi connectivity index (χ0v) is 9.30. The van der Waals surface area contributed by atoms with Crippen molar-refractivity contribution in [1.82, 2.24) is 0 Å². The first-order valence-electron chi connectivity index (χ1n) is 4.72. The van der Waals surface area contributed by atoms with Crippen LogP contribution in [-0.4, -0.2) is 23.5 Å². The van der Waals surface area contributed by atoms with Gasteiger partial charge in [-0.2, -0.15) is 0 Å². The van der Waals surface area contributed by atoms with Crippen LogP contribution < -0.4 is 0 Å². The number of hydrogen-bond acceptors (Lipinski definition) is 2. The minimum atomic E-state index is -0.947. The normalized spacial score (nSPS) is 30.2. The highest BCUT2D eigenvalue weighted by Crippen LogP contribution is 2.34. The van der Waals surface area contributed by atoms with E-state index in [-0.39, 0.29) is 0 Å². The zero-order valence-electron chi connectivity index (χ0n) is 8.30. The van der Waals surface area contributed by atoms with E-state index < -0.39 is 9.28 Å². The summed E-state index contributed by atoms with van der Waals surface area (Å²) in [4.78, 5) is 0. The maximum atomic E-state index is 5.35. The second kappa shape index (κ2) is 4.99. The topological polar surface area (TPSA) is 18.5 Å². The van der Waals surface area contributed by atoms with Crippen LogP contribution in [0, 0.1) is 5.92 Å². The summed E-state index contributed by atoms with van der Waals surface area (Å²) in [6.07, 6.45) is 5.31. The third-order valence-electron chi connectivity index (χ3n) is 2.75. The van der Waals surface area contributed by atoms with Gasteiger partial charge >= 0.3 is 9.28 Å². The Morgan fingerprint density at radius 2 is 1.50 bits per heavy atom. The third kappa shape index (κ3) is 2.57. The largest absolute Gasteiger partial charge is 0.646 e. The highest BCUT2D eigenvalue weighted by molar-refractivity contribution is 6.46. The fourth-order valence-corrected chi connectivity index (χ4v) is 3.55. The summed E-state index contributed by atoms with van der Waals surface area (Å²) >= 11 is 0. The average molecular weight is 187 g/mol. The first kappa shape index (κ1) is 10.2. The van der Waals surface area contributed by atoms with Gasteiger partial charge in [-0.05, 0) is 31.6 Å². The van der Waals surface area contributed by atoms with Crippen molar-refractivity contribution in [3.8, 4) is 0 Å². The molecular formula is C9H19O2Si+. The molecule has 0 saturated heterocycles. The van der Waals surface area contributed by atoms with E-state index in [1.54, 1.807) is 14.2 Å². The highest BCUT2D eigenvalue weighted by atomic mass is 28.3. The first-order chi connectivity index (χ1) is 5.77. The van der Waals surface area contributed by atoms with Gasteiger partial charge in [-0.1, -0.05) is 6.92 Å². The molecule has 0 bridgehead atoms. The standard InChI is InChI=1S/C9H19O2Si/c1-8-4-6-9(7-5-8)12(10-2)11-3/h8-9H,4-7H2,1-3H3/q+1. The van der Waals surface area contributed by atoms with Crippen LogP contribution in [-0.2, 0) is 8.85 Å². The van der Waals surface area contributed by atoms with Gasteiger partial charge in [0.05, 0.1) is 14.2 Å². The summed E-state index contributed by atoms with van der Waals surface area (Å²) in [5.74, 6) is 0.915. The van der Waals surface area contributed by atoms with Crippen LogP contribution in [0.5, 0.6) is 0 Å². The van der Waals surface area contributed by atoms with Crippen molar-refractivity contribution in [2.45, 2.75) is 38.1 Å². The van der Waals surface area contributed by atoms with Crippen molar-refractivity contribution in [2.24, 2.45) is 5.92 Å². The van der Waals surface area contributed by atoms with Gasteiger partial charge in [0.1, 0.15) is 5.54 Å². The van der Waals surface area contributed by atoms with Crippen LogP contribution in [0.2, 0.25) is 5.54 Å². The predicted molar refractivity (Wildman–Crippen MR) is 51.2 cm³/mol. The predicted octanol–water partition coefficient (Wildman–Crippen LogP) is 2.35. The molecule has 0 amide bonds. The summed E-state index contributed by atoms with van der Waals surface area (Å²) in [5.41, 5.74) is 0.723. The molecule has 0 aliphatic heterocycles. The van der Waals surface area contributed by atoms with Crippen LogP contribution >= 0.6 is 0 Å². The monoisotopic (exact) mass is 187 g/mol. The number of hydrogen-bond donors (Lipinski definition) is 0. The van der Waals surface area contributed by atoms with Crippen LogP contribution in [0.25, 0.3) is 0 Å². The van der Waals surface area contributed by atoms with Crippen molar-refractivity contribution < 1.29 is 8.85 Å². The van der Waals surface area contributed by atoms with Crippen molar-refractivity contribution in [2.75, 3.05) is 14.2 Å². The molecule has 0 spiro atoms. The molecular weight excluding hydrogens is 168 g/mol. The molecule has 0 aromatic rings. The Bertz CT molecular complexity index is 118. The van der Waals surface area contributed by atoms with Crippen LogP contribution in [0.15, 0.2) is 0 Å². The van der Waals surface area contributed by atoms with Gasteiger partial charge in [0.2, 0.25) is 0 Å². The van der Waals surface area contributed by atoms with E-state index >= 15 is 0 Å². The van der Waals surface area contributed by atoms with Crippen LogP contribution in [0.4, 0.5) is 0 Å². The van der Waals surface area contributed by atoms with Crippen molar-refractivity contribution in [3.05, 3.63) is 0 Å². The van der Waals surface area contributed by atoms with Crippen LogP contribution in [0.3, 0.4) is 0 Å². The van der Waals surface area contributed by atoms with E-state index in [1.165, 1.54) is 25.7 Å². The van der Waals surface area contributed by atoms with E-state index in [4.69, 9.17) is 8.85 Å². The lowest BCUT2D eigenvalue weighted by Crippen LogP contribution is -2.29. The van der Waals surface area contributed by atoms with E-state index in [0.717, 1.165) is 11.5 Å². The third-order valence-corrected chi connectivity index (χ3v) is 4.80. The maximum Gasteiger partial charge on any atom is 0.646 e. The zero-order chi connectivity index (χ0) is 8.97. The minimum Gasteiger partial charge on any atom is -0.212 e. The molecule has 0 N–H and O–H groups in total. The molecule has 2 nitrogen and oxygen atoms in total. The first-order valence-corrected chi connectivity index (χ1v) is 6.12. The fourth-order valence-electron chi connectivity index (χ4n) is 1.91. The van der Waals surface area contributed by atoms with Gasteiger partial charge in [0, 0.05) is 0 Å². The molecule has 0 aromatic carbocycles. The van der Waals surface area contributed by atoms with E-state index in [0.29, 0.717) is 0 Å². The Kier molecular flexibility index (Phi) is 4.25. The lowest BCUT2D eigenvalue weighted by atomic mass is 9.90. The minimum absolute atomic E-state index is 0.723. The average Bonchev–Trinajstić information content (AvgIpc) is 2.10. The molecule has 12 heavy (non-hydrogen) atoms. The lowest BCUT2D eigenvalue weighted by molar-refractivity contribution is 0.243. The molecule has 0 heterocycles. The van der Waals surface area contributed by atoms with Gasteiger partial charge in [0.15, 0.2) is 0 Å². The molecule has 3 heteroatoms. The van der Waals surface area contributed by atoms with Crippen LogP contribution in [0.1, 0.15) is 32.6 Å². The highest BCUT2D eigenvalue weighted by Gasteiger charge is 2.42. The fraction of sp³-hybridized carbons (Fsp3) is 1.00. The molecule has 1 fully saturated rings. The maximum absolute atomic E-state index is 5.35. The Morgan fingerprint density at radius 1 is 1.00 bits per heavy atom. The summed E-state index contributed by atoms with van der Waals surface area (Å²) in [6.45, 7) is 2.34. The SMILES string of the molecule is CO[Si+](OC)C1CCC(C)CC1. The van der Waals surface area contributed by atoms with Gasteiger partial charge in [-0.3, -0.25) is 0 Å². The number of rotatable bonds is 3. The van der Waals surface area contributed by atoms with E-state index in [1.807, 2.05) is 0 Å².